The van der Waals surface area contributed by atoms with Crippen molar-refractivity contribution in [3.8, 4) is 0 Å². The smallest absolute Gasteiger partial charge is 0.195 e. The summed E-state index contributed by atoms with van der Waals surface area (Å²) in [4.78, 5) is 4.72. The molecule has 7 heteroatoms. The van der Waals surface area contributed by atoms with Gasteiger partial charge in [-0.3, -0.25) is 4.90 Å². The lowest BCUT2D eigenvalue weighted by Gasteiger charge is -2.42. The van der Waals surface area contributed by atoms with E-state index in [1.54, 1.807) is 12.1 Å². The van der Waals surface area contributed by atoms with Gasteiger partial charge >= 0.3 is 0 Å². The molecule has 1 unspecified atom stereocenters. The predicted octanol–water partition coefficient (Wildman–Crippen LogP) is 5.42. The summed E-state index contributed by atoms with van der Waals surface area (Å²) in [6, 6.07) is 21.8. The van der Waals surface area contributed by atoms with Gasteiger partial charge in [0.25, 0.3) is 0 Å². The molecule has 1 saturated heterocycles. The second-order valence-corrected chi connectivity index (χ2v) is 12.3. The second kappa shape index (κ2) is 9.25. The Morgan fingerprint density at radius 2 is 1.71 bits per heavy atom. The Labute approximate surface area is 213 Å². The Hall–Kier alpha value is -2.38. The van der Waals surface area contributed by atoms with Crippen LogP contribution in [0.3, 0.4) is 0 Å². The minimum atomic E-state index is -3.52. The molecule has 0 spiro atoms. The van der Waals surface area contributed by atoms with E-state index in [1.807, 2.05) is 45.2 Å². The maximum absolute atomic E-state index is 13.7. The normalized spacial score (nSPS) is 19.9. The maximum Gasteiger partial charge on any atom is 0.195 e. The van der Waals surface area contributed by atoms with Gasteiger partial charge in [-0.1, -0.05) is 47.5 Å². The Bertz CT molecular complexity index is 1340. The topological polar surface area (TPSA) is 52.7 Å². The Kier molecular flexibility index (Phi) is 6.43. The van der Waals surface area contributed by atoms with E-state index in [9.17, 15) is 8.42 Å². The molecule has 0 aromatic heterocycles. The van der Waals surface area contributed by atoms with Crippen LogP contribution in [0.25, 0.3) is 0 Å². The number of aryl methyl sites for hydroxylation is 2. The summed E-state index contributed by atoms with van der Waals surface area (Å²) < 4.78 is 27.5. The molecule has 2 fully saturated rings. The maximum atomic E-state index is 13.7. The summed E-state index contributed by atoms with van der Waals surface area (Å²) in [5.74, 6) is 0. The third kappa shape index (κ3) is 4.49. The first-order valence-electron chi connectivity index (χ1n) is 12.1. The molecule has 0 radical (unpaired) electrons. The van der Waals surface area contributed by atoms with Crippen LogP contribution in [0.1, 0.15) is 29.5 Å². The van der Waals surface area contributed by atoms with Gasteiger partial charge in [0.2, 0.25) is 0 Å². The zero-order valence-electron chi connectivity index (χ0n) is 20.5. The second-order valence-electron chi connectivity index (χ2n) is 9.81. The van der Waals surface area contributed by atoms with Crippen LogP contribution in [0.2, 0.25) is 5.02 Å². The number of nitrogens with zero attached hydrogens (tertiary/aromatic N) is 2. The lowest BCUT2D eigenvalue weighted by Crippen LogP contribution is -2.58. The molecule has 1 aliphatic carbocycles. The summed E-state index contributed by atoms with van der Waals surface area (Å²) in [5.41, 5.74) is 5.05. The Balaban J connectivity index is 1.48. The van der Waals surface area contributed by atoms with Crippen LogP contribution in [0, 0.1) is 13.8 Å². The molecule has 1 heterocycles. The number of benzene rings is 3. The molecule has 2 aliphatic rings. The van der Waals surface area contributed by atoms with E-state index in [0.717, 1.165) is 47.5 Å². The molecule has 5 rings (SSSR count). The summed E-state index contributed by atoms with van der Waals surface area (Å²) in [5, 5.41) is 3.43. The number of piperazine rings is 1. The lowest BCUT2D eigenvalue weighted by atomic mass is 10.0. The summed E-state index contributed by atoms with van der Waals surface area (Å²) in [7, 11) is -1.50. The molecule has 1 N–H and O–H groups in total. The van der Waals surface area contributed by atoms with E-state index in [4.69, 9.17) is 11.6 Å². The van der Waals surface area contributed by atoms with Crippen LogP contribution in [0.15, 0.2) is 71.6 Å². The van der Waals surface area contributed by atoms with E-state index < -0.39 is 15.2 Å². The average Bonchev–Trinajstić information content (AvgIpc) is 3.66. The number of hydrogen-bond donors (Lipinski definition) is 1. The van der Waals surface area contributed by atoms with Crippen molar-refractivity contribution in [3.63, 3.8) is 0 Å². The van der Waals surface area contributed by atoms with Crippen molar-refractivity contribution in [2.75, 3.05) is 31.6 Å². The fourth-order valence-corrected chi connectivity index (χ4v) is 7.39. The number of halogens is 1. The zero-order valence-corrected chi connectivity index (χ0v) is 22.0. The van der Waals surface area contributed by atoms with Crippen LogP contribution in [0.4, 0.5) is 11.4 Å². The first-order valence-corrected chi connectivity index (χ1v) is 14.0. The minimum absolute atomic E-state index is 0.265. The van der Waals surface area contributed by atoms with Crippen molar-refractivity contribution < 1.29 is 8.42 Å². The van der Waals surface area contributed by atoms with E-state index in [-0.39, 0.29) is 5.54 Å². The molecule has 1 saturated carbocycles. The molecule has 35 heavy (non-hydrogen) atoms. The Morgan fingerprint density at radius 1 is 1.00 bits per heavy atom. The van der Waals surface area contributed by atoms with Crippen molar-refractivity contribution >= 4 is 32.8 Å². The van der Waals surface area contributed by atoms with E-state index >= 15 is 0 Å². The van der Waals surface area contributed by atoms with E-state index in [0.29, 0.717) is 23.0 Å². The van der Waals surface area contributed by atoms with Crippen molar-refractivity contribution in [1.82, 2.24) is 10.2 Å². The van der Waals surface area contributed by atoms with Gasteiger partial charge in [-0.15, -0.1) is 0 Å². The quantitative estimate of drug-likeness (QED) is 0.481. The van der Waals surface area contributed by atoms with Gasteiger partial charge in [-0.25, -0.2) is 8.42 Å². The van der Waals surface area contributed by atoms with Gasteiger partial charge in [-0.05, 0) is 74.2 Å². The largest absolute Gasteiger partial charge is 0.343 e. The molecular weight excluding hydrogens is 478 g/mol. The average molecular weight is 510 g/mol. The van der Waals surface area contributed by atoms with Crippen LogP contribution in [-0.2, 0) is 15.4 Å². The lowest BCUT2D eigenvalue weighted by molar-refractivity contribution is 0.130. The number of hydrogen-bond acceptors (Lipinski definition) is 5. The van der Waals surface area contributed by atoms with Crippen LogP contribution < -0.4 is 10.2 Å². The van der Waals surface area contributed by atoms with Gasteiger partial charge in [0.05, 0.1) is 15.6 Å². The van der Waals surface area contributed by atoms with Crippen molar-refractivity contribution in [1.29, 1.82) is 0 Å². The fraction of sp³-hybridized carbons (Fsp3) is 0.357. The molecule has 3 aromatic rings. The molecule has 0 amide bonds. The number of nitrogens with one attached hydrogen (secondary N) is 1. The van der Waals surface area contributed by atoms with Gasteiger partial charge in [-0.2, -0.15) is 0 Å². The van der Waals surface area contributed by atoms with Gasteiger partial charge in [0.15, 0.2) is 9.84 Å². The molecule has 5 nitrogen and oxygen atoms in total. The summed E-state index contributed by atoms with van der Waals surface area (Å²) in [6.07, 6.45) is 1.90. The molecule has 0 bridgehead atoms. The predicted molar refractivity (Wildman–Crippen MR) is 143 cm³/mol. The molecule has 184 valence electrons. The van der Waals surface area contributed by atoms with Crippen LogP contribution in [0.5, 0.6) is 0 Å². The number of sulfone groups is 1. The van der Waals surface area contributed by atoms with Gasteiger partial charge in [0.1, 0.15) is 5.37 Å². The van der Waals surface area contributed by atoms with Crippen LogP contribution >= 0.6 is 11.6 Å². The molecular formula is C28H32ClN3O2S. The standard InChI is InChI=1S/C28H32ClN3O2S/c1-20-7-10-24(11-8-20)35(33,34)27-19-30-15-16-32(27)28(13-14-28)22-5-4-6-23(18-22)31(3)26-12-9-21(2)17-25(26)29/h4-12,17-18,27,30H,13-16,19H2,1-3H3. The number of anilines is 2. The highest BCUT2D eigenvalue weighted by atomic mass is 35.5. The van der Waals surface area contributed by atoms with Crippen molar-refractivity contribution in [3.05, 3.63) is 88.4 Å². The third-order valence-corrected chi connectivity index (χ3v) is 9.78. The molecule has 3 aromatic carbocycles. The molecule has 1 aliphatic heterocycles. The zero-order chi connectivity index (χ0) is 24.8. The highest BCUT2D eigenvalue weighted by molar-refractivity contribution is 7.92. The highest BCUT2D eigenvalue weighted by Gasteiger charge is 2.54. The van der Waals surface area contributed by atoms with Crippen LogP contribution in [-0.4, -0.2) is 45.4 Å². The SMILES string of the molecule is Cc1ccc(S(=O)(=O)C2CNCCN2C2(c3cccc(N(C)c4ccc(C)cc4Cl)c3)CC2)cc1. The summed E-state index contributed by atoms with van der Waals surface area (Å²) in [6.45, 7) is 5.90. The first kappa shape index (κ1) is 24.3. The van der Waals surface area contributed by atoms with E-state index in [1.165, 1.54) is 0 Å². The van der Waals surface area contributed by atoms with Gasteiger partial charge < -0.3 is 10.2 Å². The summed E-state index contributed by atoms with van der Waals surface area (Å²) >= 11 is 6.55. The van der Waals surface area contributed by atoms with E-state index in [2.05, 4.69) is 45.4 Å². The third-order valence-electron chi connectivity index (χ3n) is 7.41. The van der Waals surface area contributed by atoms with Gasteiger partial charge in [0, 0.05) is 37.9 Å². The Morgan fingerprint density at radius 3 is 2.40 bits per heavy atom. The molecule has 1 atom stereocenters. The van der Waals surface area contributed by atoms with Crippen molar-refractivity contribution in [2.45, 2.75) is 42.5 Å². The van der Waals surface area contributed by atoms with Crippen molar-refractivity contribution in [2.24, 2.45) is 0 Å². The minimum Gasteiger partial charge on any atom is -0.343 e. The monoisotopic (exact) mass is 509 g/mol. The number of rotatable bonds is 6. The first-order chi connectivity index (χ1) is 16.7. The highest BCUT2D eigenvalue weighted by Crippen LogP contribution is 2.53. The fourth-order valence-electron chi connectivity index (χ4n) is 5.22.